The number of carbonyl (C=O) groups is 1. The molecule has 0 saturated heterocycles. The molecule has 2 unspecified atom stereocenters. The van der Waals surface area contributed by atoms with E-state index in [1.54, 1.807) is 14.0 Å². The zero-order valence-electron chi connectivity index (χ0n) is 13.1. The van der Waals surface area contributed by atoms with E-state index in [-0.39, 0.29) is 11.9 Å². The van der Waals surface area contributed by atoms with Crippen molar-refractivity contribution in [2.75, 3.05) is 20.3 Å². The van der Waals surface area contributed by atoms with Crippen LogP contribution in [0.1, 0.15) is 25.8 Å². The van der Waals surface area contributed by atoms with Crippen LogP contribution in [0.5, 0.6) is 5.75 Å². The number of methoxy groups -OCH3 is 1. The highest BCUT2D eigenvalue weighted by Gasteiger charge is 2.13. The molecule has 0 aliphatic rings. The van der Waals surface area contributed by atoms with Crippen molar-refractivity contribution in [2.45, 2.75) is 38.8 Å². The third-order valence-corrected chi connectivity index (χ3v) is 3.10. The van der Waals surface area contributed by atoms with Crippen molar-refractivity contribution in [1.29, 1.82) is 0 Å². The van der Waals surface area contributed by atoms with E-state index in [1.165, 1.54) is 5.56 Å². The van der Waals surface area contributed by atoms with Gasteiger partial charge in [0.15, 0.2) is 6.10 Å². The zero-order chi connectivity index (χ0) is 15.7. The first-order valence-electron chi connectivity index (χ1n) is 7.30. The van der Waals surface area contributed by atoms with E-state index in [4.69, 9.17) is 15.2 Å². The Morgan fingerprint density at radius 1 is 1.29 bits per heavy atom. The normalized spacial score (nSPS) is 13.5. The minimum Gasteiger partial charge on any atom is -0.481 e. The van der Waals surface area contributed by atoms with Gasteiger partial charge in [0.1, 0.15) is 5.75 Å². The molecule has 21 heavy (non-hydrogen) atoms. The molecular weight excluding hydrogens is 268 g/mol. The molecule has 3 N–H and O–H groups in total. The number of nitrogens with one attached hydrogen (secondary N) is 1. The Balaban J connectivity index is 2.41. The molecule has 0 heterocycles. The predicted molar refractivity (Wildman–Crippen MR) is 83.4 cm³/mol. The maximum Gasteiger partial charge on any atom is 0.260 e. The van der Waals surface area contributed by atoms with Crippen LogP contribution in [0.3, 0.4) is 0 Å². The van der Waals surface area contributed by atoms with Gasteiger partial charge in [-0.3, -0.25) is 4.79 Å². The van der Waals surface area contributed by atoms with Crippen LogP contribution in [0.2, 0.25) is 0 Å². The van der Waals surface area contributed by atoms with E-state index in [2.05, 4.69) is 5.32 Å². The molecule has 1 amide bonds. The average Bonchev–Trinajstić information content (AvgIpc) is 2.46. The summed E-state index contributed by atoms with van der Waals surface area (Å²) in [5.41, 5.74) is 6.96. The van der Waals surface area contributed by atoms with E-state index >= 15 is 0 Å². The number of ether oxygens (including phenoxy) is 2. The Bertz CT molecular complexity index is 418. The summed E-state index contributed by atoms with van der Waals surface area (Å²) in [7, 11) is 1.60. The molecule has 1 aromatic rings. The minimum atomic E-state index is -0.531. The Labute approximate surface area is 126 Å². The smallest absolute Gasteiger partial charge is 0.260 e. The maximum atomic E-state index is 11.8. The number of amides is 1. The van der Waals surface area contributed by atoms with Gasteiger partial charge in [0.05, 0.1) is 6.61 Å². The Kier molecular flexibility index (Phi) is 7.79. The molecule has 1 aromatic carbocycles. The molecule has 0 bridgehead atoms. The van der Waals surface area contributed by atoms with E-state index in [9.17, 15) is 4.79 Å². The van der Waals surface area contributed by atoms with Crippen LogP contribution in [0.15, 0.2) is 24.3 Å². The lowest BCUT2D eigenvalue weighted by Gasteiger charge is -2.15. The van der Waals surface area contributed by atoms with Gasteiger partial charge in [-0.25, -0.2) is 0 Å². The second kappa shape index (κ2) is 9.37. The number of benzene rings is 1. The molecular formula is C16H26N2O3. The van der Waals surface area contributed by atoms with Crippen LogP contribution < -0.4 is 15.8 Å². The highest BCUT2D eigenvalue weighted by molar-refractivity contribution is 5.80. The van der Waals surface area contributed by atoms with Gasteiger partial charge in [-0.1, -0.05) is 12.1 Å². The van der Waals surface area contributed by atoms with Gasteiger partial charge in [-0.15, -0.1) is 0 Å². The number of rotatable bonds is 9. The molecule has 2 atom stereocenters. The van der Waals surface area contributed by atoms with Crippen LogP contribution in [0.4, 0.5) is 0 Å². The van der Waals surface area contributed by atoms with Gasteiger partial charge in [0, 0.05) is 19.7 Å². The Morgan fingerprint density at radius 3 is 2.52 bits per heavy atom. The Morgan fingerprint density at radius 2 is 1.95 bits per heavy atom. The molecule has 0 radical (unpaired) electrons. The topological polar surface area (TPSA) is 73.6 Å². The second-order valence-electron chi connectivity index (χ2n) is 5.20. The van der Waals surface area contributed by atoms with Crippen molar-refractivity contribution >= 4 is 5.91 Å². The Hall–Kier alpha value is -1.59. The van der Waals surface area contributed by atoms with Crippen molar-refractivity contribution in [2.24, 2.45) is 5.73 Å². The largest absolute Gasteiger partial charge is 0.481 e. The second-order valence-corrected chi connectivity index (χ2v) is 5.20. The number of hydrogen-bond donors (Lipinski definition) is 2. The van der Waals surface area contributed by atoms with Gasteiger partial charge in [-0.05, 0) is 44.4 Å². The van der Waals surface area contributed by atoms with Gasteiger partial charge in [-0.2, -0.15) is 0 Å². The lowest BCUT2D eigenvalue weighted by molar-refractivity contribution is -0.127. The minimum absolute atomic E-state index is 0.145. The maximum absolute atomic E-state index is 11.8. The first kappa shape index (κ1) is 17.5. The highest BCUT2D eigenvalue weighted by Crippen LogP contribution is 2.15. The fourth-order valence-electron chi connectivity index (χ4n) is 1.81. The first-order chi connectivity index (χ1) is 10.0. The van der Waals surface area contributed by atoms with Crippen molar-refractivity contribution < 1.29 is 14.3 Å². The van der Waals surface area contributed by atoms with Crippen LogP contribution in [-0.2, 0) is 16.0 Å². The van der Waals surface area contributed by atoms with Crippen molar-refractivity contribution in [3.05, 3.63) is 29.8 Å². The summed E-state index contributed by atoms with van der Waals surface area (Å²) in [6.07, 6.45) is 1.38. The lowest BCUT2D eigenvalue weighted by Crippen LogP contribution is -2.37. The summed E-state index contributed by atoms with van der Waals surface area (Å²) in [6, 6.07) is 7.99. The van der Waals surface area contributed by atoms with Crippen molar-refractivity contribution in [1.82, 2.24) is 5.32 Å². The zero-order valence-corrected chi connectivity index (χ0v) is 13.1. The molecule has 0 fully saturated rings. The van der Waals surface area contributed by atoms with Crippen molar-refractivity contribution in [3.8, 4) is 5.75 Å². The average molecular weight is 294 g/mol. The number of carbonyl (C=O) groups excluding carboxylic acids is 1. The van der Waals surface area contributed by atoms with E-state index < -0.39 is 6.10 Å². The summed E-state index contributed by atoms with van der Waals surface area (Å²) >= 11 is 0. The molecule has 0 aromatic heterocycles. The first-order valence-corrected chi connectivity index (χ1v) is 7.30. The summed E-state index contributed by atoms with van der Waals surface area (Å²) < 4.78 is 10.5. The summed E-state index contributed by atoms with van der Waals surface area (Å²) in [4.78, 5) is 11.8. The quantitative estimate of drug-likeness (QED) is 0.677. The molecule has 5 heteroatoms. The third kappa shape index (κ3) is 7.11. The van der Waals surface area contributed by atoms with E-state index in [0.29, 0.717) is 18.9 Å². The van der Waals surface area contributed by atoms with Crippen molar-refractivity contribution in [3.63, 3.8) is 0 Å². The van der Waals surface area contributed by atoms with Gasteiger partial charge in [0.25, 0.3) is 5.91 Å². The molecule has 118 valence electrons. The monoisotopic (exact) mass is 294 g/mol. The van der Waals surface area contributed by atoms with Crippen LogP contribution in [-0.4, -0.2) is 38.3 Å². The molecule has 0 spiro atoms. The number of hydrogen-bond acceptors (Lipinski definition) is 4. The standard InChI is InChI=1S/C16H26N2O3/c1-12(17)4-5-14-6-8-15(9-7-14)21-13(2)16(19)18-10-11-20-3/h6-9,12-13H,4-5,10-11,17H2,1-3H3,(H,18,19). The summed E-state index contributed by atoms with van der Waals surface area (Å²) in [5, 5.41) is 2.74. The fraction of sp³-hybridized carbons (Fsp3) is 0.562. The van der Waals surface area contributed by atoms with Crippen LogP contribution in [0.25, 0.3) is 0 Å². The van der Waals surface area contributed by atoms with Crippen LogP contribution >= 0.6 is 0 Å². The molecule has 0 aliphatic heterocycles. The summed E-state index contributed by atoms with van der Waals surface area (Å²) in [6.45, 7) is 4.71. The SMILES string of the molecule is COCCNC(=O)C(C)Oc1ccc(CCC(C)N)cc1. The van der Waals surface area contributed by atoms with E-state index in [1.807, 2.05) is 31.2 Å². The third-order valence-electron chi connectivity index (χ3n) is 3.10. The fourth-order valence-corrected chi connectivity index (χ4v) is 1.81. The van der Waals surface area contributed by atoms with Gasteiger partial charge >= 0.3 is 0 Å². The molecule has 0 saturated carbocycles. The van der Waals surface area contributed by atoms with Crippen LogP contribution in [0, 0.1) is 0 Å². The molecule has 5 nitrogen and oxygen atoms in total. The van der Waals surface area contributed by atoms with Gasteiger partial charge < -0.3 is 20.5 Å². The van der Waals surface area contributed by atoms with Gasteiger partial charge in [0.2, 0.25) is 0 Å². The predicted octanol–water partition coefficient (Wildman–Crippen LogP) is 1.50. The highest BCUT2D eigenvalue weighted by atomic mass is 16.5. The molecule has 1 rings (SSSR count). The molecule has 0 aliphatic carbocycles. The van der Waals surface area contributed by atoms with E-state index in [0.717, 1.165) is 12.8 Å². The lowest BCUT2D eigenvalue weighted by atomic mass is 10.1. The number of nitrogens with two attached hydrogens (primary N) is 1. The number of aryl methyl sites for hydroxylation is 1. The summed E-state index contributed by atoms with van der Waals surface area (Å²) in [5.74, 6) is 0.544.